The number of carbonyl (C=O) groups excluding carboxylic acids is 1. The van der Waals surface area contributed by atoms with Gasteiger partial charge in [0.2, 0.25) is 0 Å². The third-order valence-electron chi connectivity index (χ3n) is 2.09. The highest BCUT2D eigenvalue weighted by molar-refractivity contribution is 7.09. The van der Waals surface area contributed by atoms with Crippen molar-refractivity contribution in [2.24, 2.45) is 0 Å². The van der Waals surface area contributed by atoms with Gasteiger partial charge in [-0.3, -0.25) is 9.78 Å². The van der Waals surface area contributed by atoms with Crippen molar-refractivity contribution in [1.29, 1.82) is 0 Å². The number of carbonyl (C=O) groups is 1. The number of aromatic nitrogens is 2. The molecule has 1 amide bonds. The molecule has 88 valence electrons. The quantitative estimate of drug-likeness (QED) is 0.859. The van der Waals surface area contributed by atoms with Gasteiger partial charge < -0.3 is 11.1 Å². The standard InChI is InChI=1S/C11H12N4OS/c1-7-6-17-10(15-7)5-14-11(16)8-2-9(12)4-13-3-8/h2-4,6H,5,12H2,1H3,(H,14,16). The smallest absolute Gasteiger partial charge is 0.253 e. The molecule has 0 aromatic carbocycles. The number of nitrogens with two attached hydrogens (primary N) is 1. The Hall–Kier alpha value is -1.95. The van der Waals surface area contributed by atoms with Crippen LogP contribution in [0.4, 0.5) is 5.69 Å². The van der Waals surface area contributed by atoms with E-state index in [1.165, 1.54) is 23.7 Å². The topological polar surface area (TPSA) is 80.9 Å². The van der Waals surface area contributed by atoms with E-state index in [-0.39, 0.29) is 5.91 Å². The first-order chi connectivity index (χ1) is 8.15. The fourth-order valence-electron chi connectivity index (χ4n) is 1.32. The summed E-state index contributed by atoms with van der Waals surface area (Å²) < 4.78 is 0. The Labute approximate surface area is 103 Å². The lowest BCUT2D eigenvalue weighted by molar-refractivity contribution is 0.0950. The lowest BCUT2D eigenvalue weighted by Gasteiger charge is -2.03. The predicted molar refractivity (Wildman–Crippen MR) is 66.7 cm³/mol. The Bertz CT molecular complexity index is 538. The Morgan fingerprint density at radius 2 is 2.35 bits per heavy atom. The first-order valence-electron chi connectivity index (χ1n) is 5.05. The van der Waals surface area contributed by atoms with E-state index in [4.69, 9.17) is 5.73 Å². The molecule has 0 saturated carbocycles. The fourth-order valence-corrected chi connectivity index (χ4v) is 2.04. The van der Waals surface area contributed by atoms with E-state index in [1.54, 1.807) is 6.07 Å². The largest absolute Gasteiger partial charge is 0.397 e. The highest BCUT2D eigenvalue weighted by atomic mass is 32.1. The number of nitrogens with one attached hydrogen (secondary N) is 1. The lowest BCUT2D eigenvalue weighted by Crippen LogP contribution is -2.23. The maximum absolute atomic E-state index is 11.7. The van der Waals surface area contributed by atoms with E-state index in [9.17, 15) is 4.79 Å². The average Bonchev–Trinajstić information content (AvgIpc) is 2.72. The van der Waals surface area contributed by atoms with Gasteiger partial charge >= 0.3 is 0 Å². The minimum Gasteiger partial charge on any atom is -0.397 e. The maximum atomic E-state index is 11.7. The van der Waals surface area contributed by atoms with E-state index in [0.717, 1.165) is 10.7 Å². The number of thiazole rings is 1. The van der Waals surface area contributed by atoms with Gasteiger partial charge in [0.25, 0.3) is 5.91 Å². The molecule has 5 nitrogen and oxygen atoms in total. The second-order valence-electron chi connectivity index (χ2n) is 3.57. The number of aryl methyl sites for hydroxylation is 1. The van der Waals surface area contributed by atoms with Crippen molar-refractivity contribution in [1.82, 2.24) is 15.3 Å². The molecule has 2 aromatic heterocycles. The lowest BCUT2D eigenvalue weighted by atomic mass is 10.2. The molecule has 0 aliphatic rings. The van der Waals surface area contributed by atoms with Crippen molar-refractivity contribution in [2.75, 3.05) is 5.73 Å². The number of hydrogen-bond donors (Lipinski definition) is 2. The van der Waals surface area contributed by atoms with E-state index in [2.05, 4.69) is 15.3 Å². The molecule has 0 saturated heterocycles. The van der Waals surface area contributed by atoms with Gasteiger partial charge in [0, 0.05) is 23.5 Å². The van der Waals surface area contributed by atoms with Crippen molar-refractivity contribution in [3.05, 3.63) is 40.1 Å². The predicted octanol–water partition coefficient (Wildman–Crippen LogP) is 1.36. The monoisotopic (exact) mass is 248 g/mol. The number of anilines is 1. The van der Waals surface area contributed by atoms with Crippen LogP contribution < -0.4 is 11.1 Å². The molecule has 2 heterocycles. The fraction of sp³-hybridized carbons (Fsp3) is 0.182. The Balaban J connectivity index is 1.98. The summed E-state index contributed by atoms with van der Waals surface area (Å²) in [6, 6.07) is 1.59. The third-order valence-corrected chi connectivity index (χ3v) is 3.05. The normalized spacial score (nSPS) is 10.2. The molecular formula is C11H12N4OS. The summed E-state index contributed by atoms with van der Waals surface area (Å²) in [5.74, 6) is -0.197. The first-order valence-corrected chi connectivity index (χ1v) is 5.93. The van der Waals surface area contributed by atoms with Crippen LogP contribution in [-0.4, -0.2) is 15.9 Å². The molecule has 0 unspecified atom stereocenters. The Kier molecular flexibility index (Phi) is 3.34. The average molecular weight is 248 g/mol. The molecule has 0 spiro atoms. The van der Waals surface area contributed by atoms with Gasteiger partial charge in [-0.15, -0.1) is 11.3 Å². The van der Waals surface area contributed by atoms with E-state index in [1.807, 2.05) is 12.3 Å². The summed E-state index contributed by atoms with van der Waals surface area (Å²) in [6.07, 6.45) is 2.99. The van der Waals surface area contributed by atoms with Gasteiger partial charge in [-0.1, -0.05) is 0 Å². The molecule has 0 aliphatic carbocycles. The Morgan fingerprint density at radius 3 is 3.00 bits per heavy atom. The van der Waals surface area contributed by atoms with Gasteiger partial charge in [0.1, 0.15) is 5.01 Å². The molecule has 3 N–H and O–H groups in total. The second-order valence-corrected chi connectivity index (χ2v) is 4.51. The van der Waals surface area contributed by atoms with Crippen molar-refractivity contribution in [3.63, 3.8) is 0 Å². The molecule has 17 heavy (non-hydrogen) atoms. The highest BCUT2D eigenvalue weighted by Crippen LogP contribution is 2.09. The molecule has 2 rings (SSSR count). The van der Waals surface area contributed by atoms with Crippen molar-refractivity contribution < 1.29 is 4.79 Å². The van der Waals surface area contributed by atoms with Gasteiger partial charge in [0.15, 0.2) is 0 Å². The van der Waals surface area contributed by atoms with E-state index < -0.39 is 0 Å². The number of rotatable bonds is 3. The summed E-state index contributed by atoms with van der Waals surface area (Å²) in [4.78, 5) is 19.9. The SMILES string of the molecule is Cc1csc(CNC(=O)c2cncc(N)c2)n1. The molecular weight excluding hydrogens is 236 g/mol. The van der Waals surface area contributed by atoms with E-state index >= 15 is 0 Å². The third kappa shape index (κ3) is 3.01. The summed E-state index contributed by atoms with van der Waals surface area (Å²) in [7, 11) is 0. The Morgan fingerprint density at radius 1 is 1.53 bits per heavy atom. The molecule has 0 fully saturated rings. The summed E-state index contributed by atoms with van der Waals surface area (Å²) in [5, 5.41) is 5.60. The zero-order valence-corrected chi connectivity index (χ0v) is 10.1. The van der Waals surface area contributed by atoms with Gasteiger partial charge in [-0.2, -0.15) is 0 Å². The molecule has 0 atom stereocenters. The van der Waals surface area contributed by atoms with Crippen molar-refractivity contribution in [3.8, 4) is 0 Å². The van der Waals surface area contributed by atoms with E-state index in [0.29, 0.717) is 17.8 Å². The second kappa shape index (κ2) is 4.92. The van der Waals surface area contributed by atoms with Crippen LogP contribution in [0.25, 0.3) is 0 Å². The molecule has 0 radical (unpaired) electrons. The molecule has 0 bridgehead atoms. The maximum Gasteiger partial charge on any atom is 0.253 e. The minimum absolute atomic E-state index is 0.197. The number of nitrogens with zero attached hydrogens (tertiary/aromatic N) is 2. The van der Waals surface area contributed by atoms with Crippen LogP contribution in [0.3, 0.4) is 0 Å². The van der Waals surface area contributed by atoms with Crippen LogP contribution in [-0.2, 0) is 6.54 Å². The first kappa shape index (κ1) is 11.5. The highest BCUT2D eigenvalue weighted by Gasteiger charge is 2.07. The van der Waals surface area contributed by atoms with Crippen LogP contribution in [0.5, 0.6) is 0 Å². The van der Waals surface area contributed by atoms with Crippen LogP contribution in [0.1, 0.15) is 21.1 Å². The molecule has 6 heteroatoms. The van der Waals surface area contributed by atoms with Crippen LogP contribution in [0.2, 0.25) is 0 Å². The van der Waals surface area contributed by atoms with Gasteiger partial charge in [0.05, 0.1) is 17.8 Å². The zero-order chi connectivity index (χ0) is 12.3. The minimum atomic E-state index is -0.197. The summed E-state index contributed by atoms with van der Waals surface area (Å²) >= 11 is 1.52. The number of pyridine rings is 1. The van der Waals surface area contributed by atoms with Crippen molar-refractivity contribution >= 4 is 22.9 Å². The van der Waals surface area contributed by atoms with Crippen LogP contribution in [0, 0.1) is 6.92 Å². The van der Waals surface area contributed by atoms with Crippen molar-refractivity contribution in [2.45, 2.75) is 13.5 Å². The van der Waals surface area contributed by atoms with Crippen LogP contribution >= 0.6 is 11.3 Å². The number of hydrogen-bond acceptors (Lipinski definition) is 5. The number of nitrogen functional groups attached to an aromatic ring is 1. The number of amides is 1. The van der Waals surface area contributed by atoms with Gasteiger partial charge in [-0.05, 0) is 13.0 Å². The molecule has 0 aliphatic heterocycles. The zero-order valence-electron chi connectivity index (χ0n) is 9.30. The summed E-state index contributed by atoms with van der Waals surface area (Å²) in [5.41, 5.74) is 7.45. The van der Waals surface area contributed by atoms with Crippen LogP contribution in [0.15, 0.2) is 23.8 Å². The molecule has 2 aromatic rings. The van der Waals surface area contributed by atoms with Gasteiger partial charge in [-0.25, -0.2) is 4.98 Å². The summed E-state index contributed by atoms with van der Waals surface area (Å²) in [6.45, 7) is 2.34.